The molecule has 0 saturated carbocycles. The van der Waals surface area contributed by atoms with Crippen molar-refractivity contribution >= 4 is 21.6 Å². The van der Waals surface area contributed by atoms with Gasteiger partial charge >= 0.3 is 0 Å². The second-order valence-electron chi connectivity index (χ2n) is 9.45. The lowest BCUT2D eigenvalue weighted by Gasteiger charge is -2.38. The highest BCUT2D eigenvalue weighted by Gasteiger charge is 2.38. The first-order valence-electron chi connectivity index (χ1n) is 12.4. The van der Waals surface area contributed by atoms with Crippen molar-refractivity contribution < 1.29 is 9.47 Å². The van der Waals surface area contributed by atoms with Crippen molar-refractivity contribution in [1.82, 2.24) is 0 Å². The number of hydrogen-bond acceptors (Lipinski definition) is 3. The summed E-state index contributed by atoms with van der Waals surface area (Å²) in [6.45, 7) is 0.489. The van der Waals surface area contributed by atoms with Crippen molar-refractivity contribution in [3.8, 4) is 22.6 Å². The number of rotatable bonds is 6. The summed E-state index contributed by atoms with van der Waals surface area (Å²) in [6.07, 6.45) is 5.76. The highest BCUT2D eigenvalue weighted by atomic mass is 79.9. The largest absolute Gasteiger partial charge is 0.493 e. The van der Waals surface area contributed by atoms with Crippen LogP contribution in [0, 0.1) is 5.92 Å². The number of fused-ring (bicyclic) bond motifs is 3. The van der Waals surface area contributed by atoms with E-state index in [1.165, 1.54) is 27.9 Å². The summed E-state index contributed by atoms with van der Waals surface area (Å²) in [5.41, 5.74) is 7.41. The van der Waals surface area contributed by atoms with Gasteiger partial charge in [0.15, 0.2) is 11.5 Å². The minimum Gasteiger partial charge on any atom is -0.493 e. The van der Waals surface area contributed by atoms with E-state index in [4.69, 9.17) is 9.47 Å². The van der Waals surface area contributed by atoms with Crippen LogP contribution in [0.2, 0.25) is 0 Å². The van der Waals surface area contributed by atoms with E-state index in [0.29, 0.717) is 18.4 Å². The van der Waals surface area contributed by atoms with Crippen LogP contribution in [0.1, 0.15) is 35.1 Å². The van der Waals surface area contributed by atoms with E-state index in [0.717, 1.165) is 28.0 Å². The number of benzene rings is 4. The predicted octanol–water partition coefficient (Wildman–Crippen LogP) is 8.53. The zero-order chi connectivity index (χ0) is 24.5. The number of anilines is 1. The normalized spacial score (nSPS) is 19.8. The molecule has 1 N–H and O–H groups in total. The number of methoxy groups -OCH3 is 1. The third kappa shape index (κ3) is 4.31. The minimum absolute atomic E-state index is 0.174. The average molecular weight is 538 g/mol. The van der Waals surface area contributed by atoms with Gasteiger partial charge in [-0.05, 0) is 80.4 Å². The highest BCUT2D eigenvalue weighted by molar-refractivity contribution is 9.10. The number of hydrogen-bond donors (Lipinski definition) is 1. The van der Waals surface area contributed by atoms with Crippen molar-refractivity contribution in [2.45, 2.75) is 25.0 Å². The lowest BCUT2D eigenvalue weighted by atomic mass is 9.76. The molecule has 4 aromatic carbocycles. The molecule has 0 bridgehead atoms. The maximum absolute atomic E-state index is 6.18. The first-order chi connectivity index (χ1) is 17.7. The topological polar surface area (TPSA) is 30.5 Å². The van der Waals surface area contributed by atoms with Gasteiger partial charge in [-0.25, -0.2) is 0 Å². The maximum Gasteiger partial charge on any atom is 0.175 e. The molecule has 0 aromatic heterocycles. The zero-order valence-corrected chi connectivity index (χ0v) is 21.7. The quantitative estimate of drug-likeness (QED) is 0.250. The van der Waals surface area contributed by atoms with Crippen LogP contribution >= 0.6 is 15.9 Å². The molecule has 2 aliphatic rings. The van der Waals surface area contributed by atoms with Gasteiger partial charge < -0.3 is 14.8 Å². The first-order valence-corrected chi connectivity index (χ1v) is 13.2. The summed E-state index contributed by atoms with van der Waals surface area (Å²) >= 11 is 3.77. The summed E-state index contributed by atoms with van der Waals surface area (Å²) in [5.74, 6) is 2.30. The van der Waals surface area contributed by atoms with Gasteiger partial charge in [-0.2, -0.15) is 0 Å². The van der Waals surface area contributed by atoms with E-state index < -0.39 is 0 Å². The highest BCUT2D eigenvalue weighted by Crippen LogP contribution is 2.52. The molecule has 1 aliphatic heterocycles. The van der Waals surface area contributed by atoms with Crippen LogP contribution < -0.4 is 14.8 Å². The molecule has 36 heavy (non-hydrogen) atoms. The average Bonchev–Trinajstić information content (AvgIpc) is 3.43. The molecule has 4 aromatic rings. The molecular formula is C32H28BrNO2. The number of halogens is 1. The Kier molecular flexibility index (Phi) is 6.28. The van der Waals surface area contributed by atoms with Crippen molar-refractivity contribution in [3.63, 3.8) is 0 Å². The fraction of sp³-hybridized carbons (Fsp3) is 0.188. The van der Waals surface area contributed by atoms with Gasteiger partial charge in [0.2, 0.25) is 0 Å². The van der Waals surface area contributed by atoms with E-state index in [1.54, 1.807) is 7.11 Å². The van der Waals surface area contributed by atoms with Gasteiger partial charge in [-0.3, -0.25) is 0 Å². The Balaban J connectivity index is 1.31. The molecule has 0 amide bonds. The maximum atomic E-state index is 6.18. The van der Waals surface area contributed by atoms with Crippen molar-refractivity contribution in [2.75, 3.05) is 12.4 Å². The zero-order valence-electron chi connectivity index (χ0n) is 20.2. The van der Waals surface area contributed by atoms with E-state index in [1.807, 2.05) is 18.2 Å². The smallest absolute Gasteiger partial charge is 0.175 e. The molecule has 0 spiro atoms. The minimum atomic E-state index is 0.174. The van der Waals surface area contributed by atoms with E-state index in [9.17, 15) is 0 Å². The second kappa shape index (κ2) is 9.87. The van der Waals surface area contributed by atoms with Crippen LogP contribution in [0.5, 0.6) is 11.5 Å². The molecule has 3 atom stereocenters. The SMILES string of the molecule is COc1cc([C@@H]2Nc3ccc(-c4ccccc4)cc3[C@H]3C=CC[C@H]32)cc(Br)c1OCc1ccccc1. The molecule has 0 saturated heterocycles. The summed E-state index contributed by atoms with van der Waals surface area (Å²) in [4.78, 5) is 0. The van der Waals surface area contributed by atoms with Crippen molar-refractivity contribution in [1.29, 1.82) is 0 Å². The molecule has 0 radical (unpaired) electrons. The van der Waals surface area contributed by atoms with Gasteiger partial charge in [-0.1, -0.05) is 78.9 Å². The third-order valence-corrected chi connectivity index (χ3v) is 7.90. The van der Waals surface area contributed by atoms with E-state index in [-0.39, 0.29) is 6.04 Å². The van der Waals surface area contributed by atoms with Gasteiger partial charge in [0.25, 0.3) is 0 Å². The Labute approximate surface area is 220 Å². The van der Waals surface area contributed by atoms with E-state index >= 15 is 0 Å². The van der Waals surface area contributed by atoms with Crippen LogP contribution in [0.4, 0.5) is 5.69 Å². The molecule has 3 nitrogen and oxygen atoms in total. The Morgan fingerprint density at radius 1 is 0.889 bits per heavy atom. The monoisotopic (exact) mass is 537 g/mol. The molecule has 1 aliphatic carbocycles. The molecular weight excluding hydrogens is 510 g/mol. The summed E-state index contributed by atoms with van der Waals surface area (Å²) < 4.78 is 12.9. The fourth-order valence-corrected chi connectivity index (χ4v) is 6.10. The second-order valence-corrected chi connectivity index (χ2v) is 10.3. The van der Waals surface area contributed by atoms with Crippen molar-refractivity contribution in [3.05, 3.63) is 124 Å². The van der Waals surface area contributed by atoms with Crippen LogP contribution in [0.3, 0.4) is 0 Å². The molecule has 1 heterocycles. The summed E-state index contributed by atoms with van der Waals surface area (Å²) in [6, 6.07) is 32.1. The number of nitrogens with one attached hydrogen (secondary N) is 1. The number of ether oxygens (including phenoxy) is 2. The van der Waals surface area contributed by atoms with Gasteiger partial charge in [0.05, 0.1) is 17.6 Å². The van der Waals surface area contributed by atoms with Gasteiger partial charge in [-0.15, -0.1) is 0 Å². The number of allylic oxidation sites excluding steroid dienone is 2. The van der Waals surface area contributed by atoms with E-state index in [2.05, 4.69) is 106 Å². The van der Waals surface area contributed by atoms with Crippen LogP contribution in [-0.4, -0.2) is 7.11 Å². The predicted molar refractivity (Wildman–Crippen MR) is 150 cm³/mol. The standard InChI is InChI=1S/C32H28BrNO2/c1-35-30-19-24(18-28(33)32(30)36-20-21-9-4-2-5-10-21)31-26-14-8-13-25(26)27-17-23(15-16-29(27)34-31)22-11-6-3-7-12-22/h2-13,15-19,25-26,31,34H,14,20H2,1H3/t25-,26+,31-/m0/s1. The summed E-state index contributed by atoms with van der Waals surface area (Å²) in [5, 5.41) is 3.86. The van der Waals surface area contributed by atoms with Crippen LogP contribution in [0.25, 0.3) is 11.1 Å². The Hall–Kier alpha value is -3.50. The molecule has 6 rings (SSSR count). The van der Waals surface area contributed by atoms with Gasteiger partial charge in [0.1, 0.15) is 6.61 Å². The molecule has 0 fully saturated rings. The van der Waals surface area contributed by atoms with Crippen molar-refractivity contribution in [2.24, 2.45) is 5.92 Å². The van der Waals surface area contributed by atoms with Crippen LogP contribution in [-0.2, 0) is 6.61 Å². The Morgan fingerprint density at radius 3 is 2.44 bits per heavy atom. The van der Waals surface area contributed by atoms with Gasteiger partial charge in [0, 0.05) is 11.6 Å². The summed E-state index contributed by atoms with van der Waals surface area (Å²) in [7, 11) is 1.70. The molecule has 0 unspecified atom stereocenters. The lowest BCUT2D eigenvalue weighted by molar-refractivity contribution is 0.282. The third-order valence-electron chi connectivity index (χ3n) is 7.31. The van der Waals surface area contributed by atoms with Crippen LogP contribution in [0.15, 0.2) is 108 Å². The molecule has 180 valence electrons. The lowest BCUT2D eigenvalue weighted by Crippen LogP contribution is -2.29. The Bertz CT molecular complexity index is 1400. The fourth-order valence-electron chi connectivity index (χ4n) is 5.52. The first kappa shape index (κ1) is 22.9. The Morgan fingerprint density at radius 2 is 1.67 bits per heavy atom. The molecule has 4 heteroatoms.